The second-order valence-electron chi connectivity index (χ2n) is 5.64. The molecule has 1 amide bonds. The first-order valence-corrected chi connectivity index (χ1v) is 7.13. The van der Waals surface area contributed by atoms with Gasteiger partial charge in [0.25, 0.3) is 0 Å². The number of benzene rings is 1. The van der Waals surface area contributed by atoms with Crippen molar-refractivity contribution >= 4 is 17.6 Å². The predicted octanol–water partition coefficient (Wildman–Crippen LogP) is 2.47. The highest BCUT2D eigenvalue weighted by Gasteiger charge is 2.36. The Balaban J connectivity index is 2.36. The van der Waals surface area contributed by atoms with Gasteiger partial charge in [0.1, 0.15) is 5.75 Å². The molecule has 114 valence electrons. The number of methoxy groups -OCH3 is 1. The highest BCUT2D eigenvalue weighted by atomic mass is 16.5. The minimum atomic E-state index is -0.907. The summed E-state index contributed by atoms with van der Waals surface area (Å²) < 4.78 is 5.33. The lowest BCUT2D eigenvalue weighted by Crippen LogP contribution is -2.38. The molecule has 0 heterocycles. The molecule has 0 aliphatic heterocycles. The van der Waals surface area contributed by atoms with Gasteiger partial charge >= 0.3 is 5.97 Å². The van der Waals surface area contributed by atoms with Crippen molar-refractivity contribution in [3.8, 4) is 5.75 Å². The SMILES string of the molecule is COc1ccc(C)cc1N(CC(C)C(=O)O)C(=O)C1CC1. The van der Waals surface area contributed by atoms with Crippen molar-refractivity contribution in [1.82, 2.24) is 0 Å². The van der Waals surface area contributed by atoms with Gasteiger partial charge in [-0.2, -0.15) is 0 Å². The summed E-state index contributed by atoms with van der Waals surface area (Å²) in [6.07, 6.45) is 1.76. The molecule has 0 spiro atoms. The molecule has 0 aromatic heterocycles. The Hall–Kier alpha value is -2.04. The van der Waals surface area contributed by atoms with E-state index in [9.17, 15) is 9.59 Å². The number of aliphatic carboxylic acids is 1. The fraction of sp³-hybridized carbons (Fsp3) is 0.500. The molecule has 21 heavy (non-hydrogen) atoms. The van der Waals surface area contributed by atoms with E-state index in [0.29, 0.717) is 11.4 Å². The molecule has 1 saturated carbocycles. The molecule has 1 aliphatic rings. The zero-order valence-electron chi connectivity index (χ0n) is 12.6. The fourth-order valence-electron chi connectivity index (χ4n) is 2.22. The number of carbonyl (C=O) groups is 2. The maximum atomic E-state index is 12.5. The number of aryl methyl sites for hydroxylation is 1. The van der Waals surface area contributed by atoms with Crippen LogP contribution in [0.15, 0.2) is 18.2 Å². The van der Waals surface area contributed by atoms with Crippen LogP contribution < -0.4 is 9.64 Å². The third kappa shape index (κ3) is 3.54. The van der Waals surface area contributed by atoms with Gasteiger partial charge in [-0.15, -0.1) is 0 Å². The highest BCUT2D eigenvalue weighted by Crippen LogP contribution is 2.36. The number of anilines is 1. The maximum absolute atomic E-state index is 12.5. The largest absolute Gasteiger partial charge is 0.495 e. The summed E-state index contributed by atoms with van der Waals surface area (Å²) in [7, 11) is 1.55. The lowest BCUT2D eigenvalue weighted by atomic mass is 10.1. The third-order valence-electron chi connectivity index (χ3n) is 3.70. The molecule has 0 saturated heterocycles. The second-order valence-corrected chi connectivity index (χ2v) is 5.64. The Morgan fingerprint density at radius 1 is 1.43 bits per heavy atom. The van der Waals surface area contributed by atoms with E-state index < -0.39 is 11.9 Å². The van der Waals surface area contributed by atoms with Crippen LogP contribution >= 0.6 is 0 Å². The van der Waals surface area contributed by atoms with Gasteiger partial charge in [0.05, 0.1) is 18.7 Å². The van der Waals surface area contributed by atoms with Crippen molar-refractivity contribution in [1.29, 1.82) is 0 Å². The number of carbonyl (C=O) groups excluding carboxylic acids is 1. The lowest BCUT2D eigenvalue weighted by Gasteiger charge is -2.26. The van der Waals surface area contributed by atoms with Gasteiger partial charge in [0, 0.05) is 12.5 Å². The van der Waals surface area contributed by atoms with Crippen LogP contribution in [0.3, 0.4) is 0 Å². The molecular weight excluding hydrogens is 270 g/mol. The van der Waals surface area contributed by atoms with Crippen LogP contribution in [0.1, 0.15) is 25.3 Å². The molecule has 1 unspecified atom stereocenters. The van der Waals surface area contributed by atoms with E-state index in [4.69, 9.17) is 9.84 Å². The lowest BCUT2D eigenvalue weighted by molar-refractivity contribution is -0.140. The van der Waals surface area contributed by atoms with E-state index in [1.807, 2.05) is 25.1 Å². The predicted molar refractivity (Wildman–Crippen MR) is 79.6 cm³/mol. The number of nitrogens with zero attached hydrogens (tertiary/aromatic N) is 1. The van der Waals surface area contributed by atoms with Gasteiger partial charge in [0.2, 0.25) is 5.91 Å². The van der Waals surface area contributed by atoms with Crippen LogP contribution in [0.5, 0.6) is 5.75 Å². The molecule has 1 N–H and O–H groups in total. The van der Waals surface area contributed by atoms with E-state index in [1.54, 1.807) is 18.9 Å². The zero-order chi connectivity index (χ0) is 15.6. The number of carboxylic acid groups (broad SMARTS) is 1. The van der Waals surface area contributed by atoms with Gasteiger partial charge in [-0.1, -0.05) is 13.0 Å². The van der Waals surface area contributed by atoms with Crippen LogP contribution in [-0.4, -0.2) is 30.6 Å². The molecule has 2 rings (SSSR count). The van der Waals surface area contributed by atoms with Crippen LogP contribution in [0, 0.1) is 18.8 Å². The van der Waals surface area contributed by atoms with E-state index >= 15 is 0 Å². The number of hydrogen-bond acceptors (Lipinski definition) is 3. The smallest absolute Gasteiger partial charge is 0.308 e. The highest BCUT2D eigenvalue weighted by molar-refractivity contribution is 5.98. The first kappa shape index (κ1) is 15.4. The van der Waals surface area contributed by atoms with Crippen molar-refractivity contribution < 1.29 is 19.4 Å². The van der Waals surface area contributed by atoms with E-state index in [-0.39, 0.29) is 18.4 Å². The molecule has 0 bridgehead atoms. The first-order chi connectivity index (χ1) is 9.93. The summed E-state index contributed by atoms with van der Waals surface area (Å²) in [5.74, 6) is -0.927. The minimum Gasteiger partial charge on any atom is -0.495 e. The van der Waals surface area contributed by atoms with Gasteiger partial charge in [-0.05, 0) is 37.5 Å². The Kier molecular flexibility index (Phi) is 4.50. The van der Waals surface area contributed by atoms with Crippen molar-refractivity contribution in [2.45, 2.75) is 26.7 Å². The van der Waals surface area contributed by atoms with E-state index in [2.05, 4.69) is 0 Å². The molecule has 1 aromatic rings. The van der Waals surface area contributed by atoms with Crippen LogP contribution in [0.2, 0.25) is 0 Å². The summed E-state index contributed by atoms with van der Waals surface area (Å²) in [4.78, 5) is 25.2. The summed E-state index contributed by atoms with van der Waals surface area (Å²) >= 11 is 0. The van der Waals surface area contributed by atoms with Crippen molar-refractivity contribution in [2.24, 2.45) is 11.8 Å². The fourth-order valence-corrected chi connectivity index (χ4v) is 2.22. The Labute approximate surface area is 124 Å². The standard InChI is InChI=1S/C16H21NO4/c1-10-4-7-14(21-3)13(8-10)17(9-11(2)16(19)20)15(18)12-5-6-12/h4,7-8,11-12H,5-6,9H2,1-3H3,(H,19,20). The number of amides is 1. The number of ether oxygens (including phenoxy) is 1. The molecular formula is C16H21NO4. The molecule has 1 atom stereocenters. The number of rotatable bonds is 6. The molecule has 5 heteroatoms. The summed E-state index contributed by atoms with van der Waals surface area (Å²) in [5, 5.41) is 9.13. The zero-order valence-corrected chi connectivity index (χ0v) is 12.6. The van der Waals surface area contributed by atoms with Crippen molar-refractivity contribution in [2.75, 3.05) is 18.6 Å². The minimum absolute atomic E-state index is 0.00741. The Morgan fingerprint density at radius 3 is 2.62 bits per heavy atom. The van der Waals surface area contributed by atoms with Crippen LogP contribution in [0.25, 0.3) is 0 Å². The maximum Gasteiger partial charge on any atom is 0.308 e. The van der Waals surface area contributed by atoms with Gasteiger partial charge in [-0.3, -0.25) is 9.59 Å². The molecule has 5 nitrogen and oxygen atoms in total. The van der Waals surface area contributed by atoms with E-state index in [0.717, 1.165) is 18.4 Å². The normalized spacial score (nSPS) is 15.4. The second kappa shape index (κ2) is 6.16. The van der Waals surface area contributed by atoms with Crippen LogP contribution in [0.4, 0.5) is 5.69 Å². The third-order valence-corrected chi connectivity index (χ3v) is 3.70. The van der Waals surface area contributed by atoms with E-state index in [1.165, 1.54) is 0 Å². The van der Waals surface area contributed by atoms with Crippen LogP contribution in [-0.2, 0) is 9.59 Å². The van der Waals surface area contributed by atoms with Crippen molar-refractivity contribution in [3.05, 3.63) is 23.8 Å². The topological polar surface area (TPSA) is 66.8 Å². The number of hydrogen-bond donors (Lipinski definition) is 1. The first-order valence-electron chi connectivity index (χ1n) is 7.13. The van der Waals surface area contributed by atoms with Gasteiger partial charge in [-0.25, -0.2) is 0 Å². The average Bonchev–Trinajstić information content (AvgIpc) is 3.28. The molecule has 1 fully saturated rings. The van der Waals surface area contributed by atoms with Crippen molar-refractivity contribution in [3.63, 3.8) is 0 Å². The monoisotopic (exact) mass is 291 g/mol. The summed E-state index contributed by atoms with van der Waals surface area (Å²) in [5.41, 5.74) is 1.66. The Bertz CT molecular complexity index is 551. The Morgan fingerprint density at radius 2 is 2.10 bits per heavy atom. The average molecular weight is 291 g/mol. The summed E-state index contributed by atoms with van der Waals surface area (Å²) in [6.45, 7) is 3.70. The quantitative estimate of drug-likeness (QED) is 0.874. The molecule has 1 aliphatic carbocycles. The molecule has 1 aromatic carbocycles. The van der Waals surface area contributed by atoms with Gasteiger partial charge in [0.15, 0.2) is 0 Å². The number of carboxylic acids is 1. The summed E-state index contributed by atoms with van der Waals surface area (Å²) in [6, 6.07) is 5.58. The molecule has 0 radical (unpaired) electrons. The van der Waals surface area contributed by atoms with Gasteiger partial charge < -0.3 is 14.7 Å².